The highest BCUT2D eigenvalue weighted by molar-refractivity contribution is 8.01. The summed E-state index contributed by atoms with van der Waals surface area (Å²) >= 11 is 3.19. The maximum absolute atomic E-state index is 11.7. The molecule has 0 unspecified atom stereocenters. The van der Waals surface area contributed by atoms with E-state index >= 15 is 0 Å². The number of carbonyl (C=O) groups excluding carboxylic acids is 1. The molecule has 100 valence electrons. The van der Waals surface area contributed by atoms with Gasteiger partial charge < -0.3 is 10.4 Å². The molecule has 5 heteroatoms. The molecule has 0 aromatic carbocycles. The van der Waals surface area contributed by atoms with E-state index in [9.17, 15) is 9.90 Å². The van der Waals surface area contributed by atoms with E-state index in [2.05, 4.69) is 5.32 Å². The first-order valence-electron chi connectivity index (χ1n) is 6.33. The van der Waals surface area contributed by atoms with Crippen molar-refractivity contribution in [2.75, 3.05) is 12.3 Å². The van der Waals surface area contributed by atoms with Crippen LogP contribution in [0.25, 0.3) is 0 Å². The zero-order valence-corrected chi connectivity index (χ0v) is 12.0. The Balaban J connectivity index is 1.68. The molecular formula is C13H19NO2S2. The fourth-order valence-electron chi connectivity index (χ4n) is 2.18. The van der Waals surface area contributed by atoms with Crippen LogP contribution in [0.15, 0.2) is 21.7 Å². The SMILES string of the molecule is O=C(CSc1cccs1)NCC1(O)CCCCC1. The molecule has 0 bridgehead atoms. The molecule has 1 aromatic rings. The summed E-state index contributed by atoms with van der Waals surface area (Å²) in [7, 11) is 0. The van der Waals surface area contributed by atoms with Crippen LogP contribution >= 0.6 is 23.1 Å². The minimum absolute atomic E-state index is 0.00685. The van der Waals surface area contributed by atoms with Gasteiger partial charge in [0.05, 0.1) is 15.6 Å². The van der Waals surface area contributed by atoms with Gasteiger partial charge in [0.15, 0.2) is 0 Å². The van der Waals surface area contributed by atoms with Crippen molar-refractivity contribution in [3.63, 3.8) is 0 Å². The average Bonchev–Trinajstić information content (AvgIpc) is 2.88. The normalized spacial score (nSPS) is 18.5. The zero-order chi connectivity index (χ0) is 12.8. The Morgan fingerprint density at radius 3 is 2.89 bits per heavy atom. The highest BCUT2D eigenvalue weighted by atomic mass is 32.2. The minimum Gasteiger partial charge on any atom is -0.388 e. The van der Waals surface area contributed by atoms with Crippen molar-refractivity contribution in [3.8, 4) is 0 Å². The predicted molar refractivity (Wildman–Crippen MR) is 76.1 cm³/mol. The van der Waals surface area contributed by atoms with Crippen molar-refractivity contribution in [2.24, 2.45) is 0 Å². The maximum atomic E-state index is 11.7. The zero-order valence-electron chi connectivity index (χ0n) is 10.4. The van der Waals surface area contributed by atoms with E-state index < -0.39 is 5.60 Å². The molecule has 1 aliphatic rings. The molecule has 0 spiro atoms. The van der Waals surface area contributed by atoms with Gasteiger partial charge in [-0.05, 0) is 24.3 Å². The smallest absolute Gasteiger partial charge is 0.230 e. The molecule has 0 aliphatic heterocycles. The Kier molecular flexibility index (Phi) is 5.09. The van der Waals surface area contributed by atoms with Gasteiger partial charge in [-0.1, -0.05) is 25.3 Å². The van der Waals surface area contributed by atoms with E-state index in [1.807, 2.05) is 17.5 Å². The first-order chi connectivity index (χ1) is 8.68. The molecular weight excluding hydrogens is 266 g/mol. The molecule has 3 nitrogen and oxygen atoms in total. The highest BCUT2D eigenvalue weighted by Gasteiger charge is 2.29. The molecule has 0 saturated heterocycles. The quantitative estimate of drug-likeness (QED) is 0.818. The van der Waals surface area contributed by atoms with Crippen molar-refractivity contribution < 1.29 is 9.90 Å². The van der Waals surface area contributed by atoms with Gasteiger partial charge in [0.2, 0.25) is 5.91 Å². The van der Waals surface area contributed by atoms with Gasteiger partial charge in [-0.15, -0.1) is 23.1 Å². The van der Waals surface area contributed by atoms with Crippen molar-refractivity contribution in [2.45, 2.75) is 41.9 Å². The van der Waals surface area contributed by atoms with E-state index in [-0.39, 0.29) is 5.91 Å². The first-order valence-corrected chi connectivity index (χ1v) is 8.20. The van der Waals surface area contributed by atoms with Crippen LogP contribution in [0.5, 0.6) is 0 Å². The summed E-state index contributed by atoms with van der Waals surface area (Å²) in [5, 5.41) is 15.1. The molecule has 1 fully saturated rings. The second-order valence-electron chi connectivity index (χ2n) is 4.78. The number of rotatable bonds is 5. The molecule has 1 saturated carbocycles. The summed E-state index contributed by atoms with van der Waals surface area (Å²) in [4.78, 5) is 11.7. The Labute approximate surface area is 116 Å². The summed E-state index contributed by atoms with van der Waals surface area (Å²) in [6, 6.07) is 3.99. The van der Waals surface area contributed by atoms with Gasteiger partial charge in [-0.3, -0.25) is 4.79 Å². The van der Waals surface area contributed by atoms with Gasteiger partial charge in [-0.25, -0.2) is 0 Å². The molecule has 1 aromatic heterocycles. The average molecular weight is 285 g/mol. The Morgan fingerprint density at radius 2 is 2.22 bits per heavy atom. The lowest BCUT2D eigenvalue weighted by Crippen LogP contribution is -2.44. The van der Waals surface area contributed by atoms with Crippen LogP contribution in [-0.4, -0.2) is 28.9 Å². The van der Waals surface area contributed by atoms with Crippen LogP contribution in [0.3, 0.4) is 0 Å². The fraction of sp³-hybridized carbons (Fsp3) is 0.615. The van der Waals surface area contributed by atoms with Gasteiger partial charge in [-0.2, -0.15) is 0 Å². The monoisotopic (exact) mass is 285 g/mol. The number of carbonyl (C=O) groups is 1. The van der Waals surface area contributed by atoms with Gasteiger partial charge >= 0.3 is 0 Å². The predicted octanol–water partition coefficient (Wildman–Crippen LogP) is 2.65. The van der Waals surface area contributed by atoms with Crippen LogP contribution in [0.2, 0.25) is 0 Å². The largest absolute Gasteiger partial charge is 0.388 e. The Bertz CT molecular complexity index is 372. The third kappa shape index (κ3) is 4.30. The molecule has 2 N–H and O–H groups in total. The second kappa shape index (κ2) is 6.59. The van der Waals surface area contributed by atoms with E-state index in [1.54, 1.807) is 23.1 Å². The summed E-state index contributed by atoms with van der Waals surface area (Å²) < 4.78 is 1.15. The number of amides is 1. The third-order valence-electron chi connectivity index (χ3n) is 3.24. The lowest BCUT2D eigenvalue weighted by atomic mass is 9.85. The first kappa shape index (κ1) is 13.9. The Hall–Kier alpha value is -0.520. The molecule has 1 heterocycles. The van der Waals surface area contributed by atoms with Crippen LogP contribution < -0.4 is 5.32 Å². The molecule has 1 amide bonds. The number of nitrogens with one attached hydrogen (secondary N) is 1. The summed E-state index contributed by atoms with van der Waals surface area (Å²) in [6.45, 7) is 0.400. The molecule has 2 rings (SSSR count). The highest BCUT2D eigenvalue weighted by Crippen LogP contribution is 2.27. The number of aliphatic hydroxyl groups is 1. The maximum Gasteiger partial charge on any atom is 0.230 e. The van der Waals surface area contributed by atoms with Gasteiger partial charge in [0.1, 0.15) is 0 Å². The van der Waals surface area contributed by atoms with E-state index in [4.69, 9.17) is 0 Å². The number of hydrogen-bond acceptors (Lipinski definition) is 4. The number of thioether (sulfide) groups is 1. The molecule has 18 heavy (non-hydrogen) atoms. The summed E-state index contributed by atoms with van der Waals surface area (Å²) in [5.41, 5.74) is -0.665. The van der Waals surface area contributed by atoms with Crippen LogP contribution in [-0.2, 0) is 4.79 Å². The topological polar surface area (TPSA) is 49.3 Å². The van der Waals surface area contributed by atoms with Crippen LogP contribution in [0.4, 0.5) is 0 Å². The summed E-state index contributed by atoms with van der Waals surface area (Å²) in [6.07, 6.45) is 4.95. The Morgan fingerprint density at radius 1 is 1.44 bits per heavy atom. The molecule has 1 aliphatic carbocycles. The summed E-state index contributed by atoms with van der Waals surface area (Å²) in [5.74, 6) is 0.434. The van der Waals surface area contributed by atoms with Crippen molar-refractivity contribution in [1.29, 1.82) is 0 Å². The molecule has 0 radical (unpaired) electrons. The van der Waals surface area contributed by atoms with Crippen molar-refractivity contribution in [3.05, 3.63) is 17.5 Å². The fourth-order valence-corrected chi connectivity index (χ4v) is 3.80. The lowest BCUT2D eigenvalue weighted by molar-refractivity contribution is -0.120. The van der Waals surface area contributed by atoms with E-state index in [1.165, 1.54) is 6.42 Å². The van der Waals surface area contributed by atoms with Crippen molar-refractivity contribution >= 4 is 29.0 Å². The lowest BCUT2D eigenvalue weighted by Gasteiger charge is -2.32. The van der Waals surface area contributed by atoms with Gasteiger partial charge in [0.25, 0.3) is 0 Å². The number of hydrogen-bond donors (Lipinski definition) is 2. The third-order valence-corrected chi connectivity index (χ3v) is 5.37. The van der Waals surface area contributed by atoms with E-state index in [0.717, 1.165) is 29.9 Å². The standard InChI is InChI=1S/C13H19NO2S2/c15-11(9-18-12-5-4-8-17-12)14-10-13(16)6-2-1-3-7-13/h4-5,8,16H,1-3,6-7,9-10H2,(H,14,15). The van der Waals surface area contributed by atoms with Crippen LogP contribution in [0.1, 0.15) is 32.1 Å². The second-order valence-corrected chi connectivity index (χ2v) is 7.01. The molecule has 0 atom stereocenters. The van der Waals surface area contributed by atoms with E-state index in [0.29, 0.717) is 12.3 Å². The van der Waals surface area contributed by atoms with Crippen molar-refractivity contribution in [1.82, 2.24) is 5.32 Å². The minimum atomic E-state index is -0.665. The number of thiophene rings is 1. The van der Waals surface area contributed by atoms with Crippen LogP contribution in [0, 0.1) is 0 Å². The van der Waals surface area contributed by atoms with Gasteiger partial charge in [0, 0.05) is 6.54 Å².